The van der Waals surface area contributed by atoms with Crippen molar-refractivity contribution in [2.24, 2.45) is 13.0 Å². The zero-order chi connectivity index (χ0) is 18.1. The number of hydrogen-bond acceptors (Lipinski definition) is 3. The molecule has 5 nitrogen and oxygen atoms in total. The second-order valence-electron chi connectivity index (χ2n) is 6.88. The van der Waals surface area contributed by atoms with Crippen LogP contribution in [0.15, 0.2) is 60.7 Å². The smallest absolute Gasteiger partial charge is 0.224 e. The fraction of sp³-hybridized carbons (Fsp3) is 0.286. The maximum Gasteiger partial charge on any atom is 0.224 e. The standard InChI is InChI=1S/C21H22N4O/c1-14-23-24-20(25(14)2)19(16-11-7-4-8-12-16)22-21(26)18-13-17(18)15-9-5-3-6-10-15/h3-12,17-19H,13H2,1-2H3,(H,22,26)/t17-,18-,19-/m1/s1. The molecule has 1 aliphatic carbocycles. The largest absolute Gasteiger partial charge is 0.342 e. The molecule has 2 aromatic carbocycles. The van der Waals surface area contributed by atoms with Gasteiger partial charge >= 0.3 is 0 Å². The van der Waals surface area contributed by atoms with E-state index in [1.54, 1.807) is 0 Å². The van der Waals surface area contributed by atoms with Crippen molar-refractivity contribution >= 4 is 5.91 Å². The second kappa shape index (κ2) is 6.75. The average Bonchev–Trinajstić information content (AvgIpc) is 3.42. The molecular formula is C21H22N4O. The van der Waals surface area contributed by atoms with Crippen LogP contribution >= 0.6 is 0 Å². The Kier molecular flexibility index (Phi) is 4.29. The summed E-state index contributed by atoms with van der Waals surface area (Å²) >= 11 is 0. The van der Waals surface area contributed by atoms with Crippen molar-refractivity contribution in [3.63, 3.8) is 0 Å². The molecule has 1 saturated carbocycles. The quantitative estimate of drug-likeness (QED) is 0.772. The van der Waals surface area contributed by atoms with E-state index in [0.29, 0.717) is 5.92 Å². The number of aromatic nitrogens is 3. The number of carbonyl (C=O) groups is 1. The van der Waals surface area contributed by atoms with Crippen LogP contribution in [0.2, 0.25) is 0 Å². The summed E-state index contributed by atoms with van der Waals surface area (Å²) in [5, 5.41) is 11.7. The van der Waals surface area contributed by atoms with E-state index < -0.39 is 0 Å². The van der Waals surface area contributed by atoms with Crippen molar-refractivity contribution in [3.8, 4) is 0 Å². The van der Waals surface area contributed by atoms with E-state index in [1.165, 1.54) is 5.56 Å². The van der Waals surface area contributed by atoms with Gasteiger partial charge in [-0.25, -0.2) is 0 Å². The van der Waals surface area contributed by atoms with E-state index in [1.807, 2.05) is 67.1 Å². The molecule has 0 bridgehead atoms. The molecule has 1 amide bonds. The van der Waals surface area contributed by atoms with Gasteiger partial charge in [0.25, 0.3) is 0 Å². The van der Waals surface area contributed by atoms with Crippen LogP contribution in [0.1, 0.15) is 41.2 Å². The third-order valence-corrected chi connectivity index (χ3v) is 5.16. The summed E-state index contributed by atoms with van der Waals surface area (Å²) in [4.78, 5) is 12.9. The molecule has 1 fully saturated rings. The van der Waals surface area contributed by atoms with Gasteiger partial charge in [-0.05, 0) is 30.4 Å². The molecule has 0 aliphatic heterocycles. The Balaban J connectivity index is 1.56. The predicted molar refractivity (Wildman–Crippen MR) is 99.5 cm³/mol. The fourth-order valence-corrected chi connectivity index (χ4v) is 3.42. The van der Waals surface area contributed by atoms with E-state index >= 15 is 0 Å². The summed E-state index contributed by atoms with van der Waals surface area (Å²) in [5.74, 6) is 1.99. The first-order valence-corrected chi connectivity index (χ1v) is 8.91. The number of hydrogen-bond donors (Lipinski definition) is 1. The first-order valence-electron chi connectivity index (χ1n) is 8.91. The van der Waals surface area contributed by atoms with Crippen LogP contribution < -0.4 is 5.32 Å². The van der Waals surface area contributed by atoms with Crippen LogP contribution in [0.5, 0.6) is 0 Å². The maximum atomic E-state index is 12.9. The Hall–Kier alpha value is -2.95. The van der Waals surface area contributed by atoms with Gasteiger partial charge in [0.05, 0.1) is 0 Å². The Morgan fingerprint density at radius 2 is 1.73 bits per heavy atom. The molecule has 3 aromatic rings. The highest BCUT2D eigenvalue weighted by Crippen LogP contribution is 2.47. The number of benzene rings is 2. The van der Waals surface area contributed by atoms with Gasteiger partial charge in [0.1, 0.15) is 11.9 Å². The summed E-state index contributed by atoms with van der Waals surface area (Å²) in [6.45, 7) is 1.91. The third kappa shape index (κ3) is 3.12. The van der Waals surface area contributed by atoms with Gasteiger partial charge < -0.3 is 9.88 Å². The van der Waals surface area contributed by atoms with Crippen molar-refractivity contribution in [3.05, 3.63) is 83.4 Å². The normalized spacial score (nSPS) is 19.8. The molecule has 0 spiro atoms. The maximum absolute atomic E-state index is 12.9. The molecule has 3 atom stereocenters. The van der Waals surface area contributed by atoms with Crippen molar-refractivity contribution in [1.29, 1.82) is 0 Å². The van der Waals surface area contributed by atoms with E-state index in [4.69, 9.17) is 0 Å². The van der Waals surface area contributed by atoms with Gasteiger partial charge in [-0.1, -0.05) is 60.7 Å². The van der Waals surface area contributed by atoms with Gasteiger partial charge in [-0.2, -0.15) is 0 Å². The van der Waals surface area contributed by atoms with Crippen LogP contribution in [-0.4, -0.2) is 20.7 Å². The molecule has 26 heavy (non-hydrogen) atoms. The molecule has 0 saturated heterocycles. The lowest BCUT2D eigenvalue weighted by atomic mass is 10.1. The van der Waals surface area contributed by atoms with Crippen molar-refractivity contribution in [2.75, 3.05) is 0 Å². The minimum atomic E-state index is -0.299. The lowest BCUT2D eigenvalue weighted by Crippen LogP contribution is -2.32. The molecule has 4 rings (SSSR count). The third-order valence-electron chi connectivity index (χ3n) is 5.16. The molecular weight excluding hydrogens is 324 g/mol. The van der Waals surface area contributed by atoms with Crippen molar-refractivity contribution in [1.82, 2.24) is 20.1 Å². The first-order chi connectivity index (χ1) is 12.6. The van der Waals surface area contributed by atoms with Crippen molar-refractivity contribution in [2.45, 2.75) is 25.3 Å². The minimum Gasteiger partial charge on any atom is -0.342 e. The van der Waals surface area contributed by atoms with Gasteiger partial charge in [0.15, 0.2) is 5.82 Å². The van der Waals surface area contributed by atoms with E-state index in [-0.39, 0.29) is 17.9 Å². The highest BCUT2D eigenvalue weighted by Gasteiger charge is 2.44. The van der Waals surface area contributed by atoms with Crippen LogP contribution in [0.25, 0.3) is 0 Å². The predicted octanol–water partition coefficient (Wildman–Crippen LogP) is 3.13. The average molecular weight is 346 g/mol. The van der Waals surface area contributed by atoms with Gasteiger partial charge in [0.2, 0.25) is 5.91 Å². The van der Waals surface area contributed by atoms with Crippen LogP contribution in [-0.2, 0) is 11.8 Å². The summed E-state index contributed by atoms with van der Waals surface area (Å²) in [6.07, 6.45) is 0.898. The van der Waals surface area contributed by atoms with E-state index in [0.717, 1.165) is 23.6 Å². The second-order valence-corrected chi connectivity index (χ2v) is 6.88. The molecule has 5 heteroatoms. The van der Waals surface area contributed by atoms with Crippen LogP contribution in [0, 0.1) is 12.8 Å². The van der Waals surface area contributed by atoms with E-state index in [2.05, 4.69) is 27.6 Å². The Morgan fingerprint density at radius 1 is 1.08 bits per heavy atom. The van der Waals surface area contributed by atoms with E-state index in [9.17, 15) is 4.79 Å². The summed E-state index contributed by atoms with van der Waals surface area (Å²) in [5.41, 5.74) is 2.24. The molecule has 132 valence electrons. The number of aryl methyl sites for hydroxylation is 1. The summed E-state index contributed by atoms with van der Waals surface area (Å²) < 4.78 is 1.93. The zero-order valence-corrected chi connectivity index (χ0v) is 15.0. The monoisotopic (exact) mass is 346 g/mol. The molecule has 1 aromatic heterocycles. The number of amides is 1. The van der Waals surface area contributed by atoms with Crippen molar-refractivity contribution < 1.29 is 4.79 Å². The Bertz CT molecular complexity index is 904. The minimum absolute atomic E-state index is 0.0259. The number of carbonyl (C=O) groups excluding carboxylic acids is 1. The molecule has 0 radical (unpaired) electrons. The summed E-state index contributed by atoms with van der Waals surface area (Å²) in [6, 6.07) is 19.9. The zero-order valence-electron chi connectivity index (χ0n) is 15.0. The topological polar surface area (TPSA) is 59.8 Å². The SMILES string of the molecule is Cc1nnc([C@H](NC(=O)[C@@H]2C[C@@H]2c2ccccc2)c2ccccc2)n1C. The van der Waals surface area contributed by atoms with Crippen LogP contribution in [0.4, 0.5) is 0 Å². The van der Waals surface area contributed by atoms with Gasteiger partial charge in [-0.3, -0.25) is 4.79 Å². The summed E-state index contributed by atoms with van der Waals surface area (Å²) in [7, 11) is 1.93. The highest BCUT2D eigenvalue weighted by molar-refractivity contribution is 5.83. The number of nitrogens with zero attached hydrogens (tertiary/aromatic N) is 3. The number of rotatable bonds is 5. The molecule has 0 unspecified atom stereocenters. The lowest BCUT2D eigenvalue weighted by Gasteiger charge is -2.19. The highest BCUT2D eigenvalue weighted by atomic mass is 16.2. The molecule has 1 aliphatic rings. The fourth-order valence-electron chi connectivity index (χ4n) is 3.42. The lowest BCUT2D eigenvalue weighted by molar-refractivity contribution is -0.123. The Labute approximate surface area is 153 Å². The van der Waals surface area contributed by atoms with Gasteiger partial charge in [0, 0.05) is 13.0 Å². The number of nitrogens with one attached hydrogen (secondary N) is 1. The Morgan fingerprint density at radius 3 is 2.35 bits per heavy atom. The van der Waals surface area contributed by atoms with Crippen LogP contribution in [0.3, 0.4) is 0 Å². The van der Waals surface area contributed by atoms with Gasteiger partial charge in [-0.15, -0.1) is 10.2 Å². The first kappa shape index (κ1) is 16.5. The molecule has 1 heterocycles. The molecule has 1 N–H and O–H groups in total.